The summed E-state index contributed by atoms with van der Waals surface area (Å²) in [5.41, 5.74) is 1.23. The molecule has 0 aromatic carbocycles. The van der Waals surface area contributed by atoms with Crippen LogP contribution in [0.15, 0.2) is 36.8 Å². The lowest BCUT2D eigenvalue weighted by atomic mass is 9.93. The van der Waals surface area contributed by atoms with Crippen molar-refractivity contribution >= 4 is 11.7 Å². The average molecular weight is 327 g/mol. The first-order valence-corrected chi connectivity index (χ1v) is 8.72. The Morgan fingerprint density at radius 2 is 2.04 bits per heavy atom. The number of nitrogens with zero attached hydrogens (tertiary/aromatic N) is 3. The molecule has 0 aliphatic carbocycles. The van der Waals surface area contributed by atoms with Crippen LogP contribution in [-0.2, 0) is 17.8 Å². The molecule has 2 N–H and O–H groups in total. The maximum atomic E-state index is 12.1. The number of hydrogen-bond acceptors (Lipinski definition) is 4. The number of piperidine rings is 1. The Bertz CT molecular complexity index is 634. The van der Waals surface area contributed by atoms with Gasteiger partial charge in [-0.2, -0.15) is 5.10 Å². The van der Waals surface area contributed by atoms with Crippen LogP contribution >= 0.6 is 0 Å². The van der Waals surface area contributed by atoms with Crippen molar-refractivity contribution in [2.24, 2.45) is 5.92 Å². The Hall–Kier alpha value is -2.21. The standard InChI is InChI=1S/C18H25N5O/c24-18(2-1-15-3-9-19-10-4-15)21-17-8-14-23(22-17)13-7-16-5-11-20-12-6-16/h5-6,8,11-12,14-15,19H,1-4,7,9-10,13H2,(H,21,22,24). The number of pyridine rings is 1. The third kappa shape index (κ3) is 5.16. The third-order valence-corrected chi connectivity index (χ3v) is 4.53. The van der Waals surface area contributed by atoms with E-state index in [9.17, 15) is 4.79 Å². The zero-order chi connectivity index (χ0) is 16.6. The maximum Gasteiger partial charge on any atom is 0.225 e. The summed E-state index contributed by atoms with van der Waals surface area (Å²) in [4.78, 5) is 16.1. The number of carbonyl (C=O) groups excluding carboxylic acids is 1. The second-order valence-electron chi connectivity index (χ2n) is 6.35. The number of hydrogen-bond donors (Lipinski definition) is 2. The summed E-state index contributed by atoms with van der Waals surface area (Å²) in [7, 11) is 0. The van der Waals surface area contributed by atoms with E-state index >= 15 is 0 Å². The Morgan fingerprint density at radius 3 is 2.83 bits per heavy atom. The molecule has 24 heavy (non-hydrogen) atoms. The van der Waals surface area contributed by atoms with Crippen LogP contribution in [0.1, 0.15) is 31.2 Å². The topological polar surface area (TPSA) is 71.8 Å². The molecule has 0 bridgehead atoms. The SMILES string of the molecule is O=C(CCC1CCNCC1)Nc1ccn(CCc2ccncc2)n1. The molecule has 1 aliphatic rings. The van der Waals surface area contributed by atoms with Crippen molar-refractivity contribution < 1.29 is 4.79 Å². The number of amides is 1. The van der Waals surface area contributed by atoms with Gasteiger partial charge in [0.25, 0.3) is 0 Å². The summed E-state index contributed by atoms with van der Waals surface area (Å²) in [6.07, 6.45) is 10.3. The van der Waals surface area contributed by atoms with Gasteiger partial charge < -0.3 is 10.6 Å². The molecule has 0 saturated carbocycles. The van der Waals surface area contributed by atoms with E-state index in [4.69, 9.17) is 0 Å². The summed E-state index contributed by atoms with van der Waals surface area (Å²) in [6.45, 7) is 2.94. The van der Waals surface area contributed by atoms with E-state index in [0.717, 1.165) is 32.5 Å². The largest absolute Gasteiger partial charge is 0.317 e. The smallest absolute Gasteiger partial charge is 0.225 e. The maximum absolute atomic E-state index is 12.1. The van der Waals surface area contributed by atoms with Gasteiger partial charge in [0.2, 0.25) is 5.91 Å². The number of aromatic nitrogens is 3. The highest BCUT2D eigenvalue weighted by Crippen LogP contribution is 2.18. The van der Waals surface area contributed by atoms with Gasteiger partial charge >= 0.3 is 0 Å². The molecular formula is C18H25N5O. The molecule has 1 aliphatic heterocycles. The monoisotopic (exact) mass is 327 g/mol. The highest BCUT2D eigenvalue weighted by Gasteiger charge is 2.14. The van der Waals surface area contributed by atoms with Crippen LogP contribution in [0.5, 0.6) is 0 Å². The van der Waals surface area contributed by atoms with Gasteiger partial charge in [-0.25, -0.2) is 0 Å². The molecule has 1 amide bonds. The molecular weight excluding hydrogens is 302 g/mol. The molecule has 3 rings (SSSR count). The van der Waals surface area contributed by atoms with E-state index in [1.807, 2.05) is 29.1 Å². The van der Waals surface area contributed by atoms with Gasteiger partial charge in [0.05, 0.1) is 0 Å². The van der Waals surface area contributed by atoms with E-state index in [-0.39, 0.29) is 5.91 Å². The predicted octanol–water partition coefficient (Wildman–Crippen LogP) is 2.24. The number of aryl methyl sites for hydroxylation is 2. The second kappa shape index (κ2) is 8.59. The van der Waals surface area contributed by atoms with Crippen LogP contribution in [0.3, 0.4) is 0 Å². The fraction of sp³-hybridized carbons (Fsp3) is 0.500. The zero-order valence-corrected chi connectivity index (χ0v) is 13.9. The second-order valence-corrected chi connectivity index (χ2v) is 6.35. The number of rotatable bonds is 7. The quantitative estimate of drug-likeness (QED) is 0.818. The summed E-state index contributed by atoms with van der Waals surface area (Å²) in [6, 6.07) is 5.87. The lowest BCUT2D eigenvalue weighted by Gasteiger charge is -2.21. The first-order chi connectivity index (χ1) is 11.8. The number of anilines is 1. The summed E-state index contributed by atoms with van der Waals surface area (Å²) in [5.74, 6) is 1.38. The highest BCUT2D eigenvalue weighted by molar-refractivity contribution is 5.89. The van der Waals surface area contributed by atoms with Crippen molar-refractivity contribution in [2.75, 3.05) is 18.4 Å². The van der Waals surface area contributed by atoms with Crippen molar-refractivity contribution in [3.05, 3.63) is 42.4 Å². The molecule has 6 heteroatoms. The third-order valence-electron chi connectivity index (χ3n) is 4.53. The van der Waals surface area contributed by atoms with Crippen LogP contribution in [0.25, 0.3) is 0 Å². The molecule has 1 saturated heterocycles. The van der Waals surface area contributed by atoms with Gasteiger partial charge in [0, 0.05) is 37.6 Å². The Morgan fingerprint density at radius 1 is 1.25 bits per heavy atom. The van der Waals surface area contributed by atoms with E-state index in [1.54, 1.807) is 12.4 Å². The molecule has 2 aromatic heterocycles. The van der Waals surface area contributed by atoms with Gasteiger partial charge in [0.1, 0.15) is 0 Å². The molecule has 1 fully saturated rings. The average Bonchev–Trinajstić information content (AvgIpc) is 3.07. The van der Waals surface area contributed by atoms with Gasteiger partial charge in [-0.1, -0.05) is 0 Å². The van der Waals surface area contributed by atoms with Crippen LogP contribution in [0.4, 0.5) is 5.82 Å². The number of nitrogens with one attached hydrogen (secondary N) is 2. The van der Waals surface area contributed by atoms with Crippen molar-refractivity contribution in [1.82, 2.24) is 20.1 Å². The molecule has 0 atom stereocenters. The van der Waals surface area contributed by atoms with Crippen molar-refractivity contribution in [1.29, 1.82) is 0 Å². The van der Waals surface area contributed by atoms with Gasteiger partial charge in [-0.3, -0.25) is 14.5 Å². The van der Waals surface area contributed by atoms with Crippen molar-refractivity contribution in [2.45, 2.75) is 38.6 Å². The number of carbonyl (C=O) groups is 1. The van der Waals surface area contributed by atoms with Crippen molar-refractivity contribution in [3.8, 4) is 0 Å². The molecule has 6 nitrogen and oxygen atoms in total. The Labute approximate surface area is 142 Å². The Kier molecular flexibility index (Phi) is 5.96. The van der Waals surface area contributed by atoms with E-state index < -0.39 is 0 Å². The molecule has 0 radical (unpaired) electrons. The molecule has 3 heterocycles. The highest BCUT2D eigenvalue weighted by atomic mass is 16.1. The minimum Gasteiger partial charge on any atom is -0.317 e. The lowest BCUT2D eigenvalue weighted by molar-refractivity contribution is -0.116. The summed E-state index contributed by atoms with van der Waals surface area (Å²) in [5, 5.41) is 10.7. The molecule has 2 aromatic rings. The van der Waals surface area contributed by atoms with E-state index in [0.29, 0.717) is 18.2 Å². The molecule has 128 valence electrons. The van der Waals surface area contributed by atoms with Crippen LogP contribution < -0.4 is 10.6 Å². The van der Waals surface area contributed by atoms with Gasteiger partial charge in [0.15, 0.2) is 5.82 Å². The first-order valence-electron chi connectivity index (χ1n) is 8.72. The normalized spacial score (nSPS) is 15.3. The minimum atomic E-state index is 0.0629. The van der Waals surface area contributed by atoms with E-state index in [2.05, 4.69) is 20.7 Å². The predicted molar refractivity (Wildman–Crippen MR) is 93.6 cm³/mol. The fourth-order valence-electron chi connectivity index (χ4n) is 3.06. The minimum absolute atomic E-state index is 0.0629. The van der Waals surface area contributed by atoms with Gasteiger partial charge in [-0.15, -0.1) is 0 Å². The van der Waals surface area contributed by atoms with Crippen LogP contribution in [-0.4, -0.2) is 33.8 Å². The van der Waals surface area contributed by atoms with Gasteiger partial charge in [-0.05, 0) is 62.4 Å². The Balaban J connectivity index is 1.40. The summed E-state index contributed by atoms with van der Waals surface area (Å²) < 4.78 is 1.86. The molecule has 0 unspecified atom stereocenters. The van der Waals surface area contributed by atoms with Crippen molar-refractivity contribution in [3.63, 3.8) is 0 Å². The van der Waals surface area contributed by atoms with Crippen LogP contribution in [0.2, 0.25) is 0 Å². The summed E-state index contributed by atoms with van der Waals surface area (Å²) >= 11 is 0. The zero-order valence-electron chi connectivity index (χ0n) is 13.9. The van der Waals surface area contributed by atoms with E-state index in [1.165, 1.54) is 18.4 Å². The fourth-order valence-corrected chi connectivity index (χ4v) is 3.06. The first kappa shape index (κ1) is 16.6. The van der Waals surface area contributed by atoms with Crippen LogP contribution in [0, 0.1) is 5.92 Å². The lowest BCUT2D eigenvalue weighted by Crippen LogP contribution is -2.28. The molecule has 0 spiro atoms.